The van der Waals surface area contributed by atoms with Gasteiger partial charge in [0.05, 0.1) is 29.9 Å². The Hall–Kier alpha value is -3.46. The first-order chi connectivity index (χ1) is 15.0. The number of anilines is 1. The summed E-state index contributed by atoms with van der Waals surface area (Å²) in [5.74, 6) is 0.979. The Kier molecular flexibility index (Phi) is 4.82. The number of halogens is 3. The van der Waals surface area contributed by atoms with Crippen LogP contribution < -0.4 is 4.90 Å². The fraction of sp³-hybridized carbons (Fsp3) is 0.227. The number of fused-ring (bicyclic) bond motifs is 1. The predicted octanol–water partition coefficient (Wildman–Crippen LogP) is 4.81. The summed E-state index contributed by atoms with van der Waals surface area (Å²) in [6.45, 7) is 2.48. The number of alkyl halides is 3. The van der Waals surface area contributed by atoms with Crippen molar-refractivity contribution in [2.45, 2.75) is 6.18 Å². The molecule has 0 bridgehead atoms. The predicted molar refractivity (Wildman–Crippen MR) is 109 cm³/mol. The minimum absolute atomic E-state index is 0.0159. The number of ether oxygens (including phenoxy) is 1. The molecule has 4 aromatic rings. The third-order valence-corrected chi connectivity index (χ3v) is 5.12. The summed E-state index contributed by atoms with van der Waals surface area (Å²) in [7, 11) is 0. The van der Waals surface area contributed by atoms with Gasteiger partial charge in [-0.25, -0.2) is 4.98 Å². The lowest BCUT2D eigenvalue weighted by Crippen LogP contribution is -2.37. The summed E-state index contributed by atoms with van der Waals surface area (Å²) in [4.78, 5) is 11.3. The van der Waals surface area contributed by atoms with Crippen LogP contribution in [0.5, 0.6) is 0 Å². The van der Waals surface area contributed by atoms with Crippen molar-refractivity contribution >= 4 is 16.7 Å². The second-order valence-corrected chi connectivity index (χ2v) is 7.15. The van der Waals surface area contributed by atoms with Crippen LogP contribution in [0.15, 0.2) is 59.1 Å². The molecule has 1 aliphatic rings. The molecule has 1 fully saturated rings. The number of benzene rings is 2. The van der Waals surface area contributed by atoms with Crippen molar-refractivity contribution < 1.29 is 22.4 Å². The van der Waals surface area contributed by atoms with Crippen molar-refractivity contribution in [2.75, 3.05) is 31.2 Å². The summed E-state index contributed by atoms with van der Waals surface area (Å²) in [6, 6.07) is 14.4. The topological polar surface area (TPSA) is 64.3 Å². The molecular formula is C22H17F3N4O2. The zero-order valence-electron chi connectivity index (χ0n) is 16.3. The SMILES string of the molecule is FC(F)(F)c1cccc(-c2nc(-c3cc4ccccc4nc3N3CCOCC3)no2)c1. The number of pyridine rings is 1. The normalized spacial score (nSPS) is 14.9. The van der Waals surface area contributed by atoms with E-state index in [1.54, 1.807) is 0 Å². The molecule has 5 rings (SSSR count). The molecule has 0 unspecified atom stereocenters. The third-order valence-electron chi connectivity index (χ3n) is 5.12. The second kappa shape index (κ2) is 7.66. The first-order valence-electron chi connectivity index (χ1n) is 9.73. The minimum Gasteiger partial charge on any atom is -0.378 e. The average molecular weight is 426 g/mol. The number of aromatic nitrogens is 3. The Morgan fingerprint density at radius 2 is 1.71 bits per heavy atom. The first kappa shape index (κ1) is 19.5. The zero-order chi connectivity index (χ0) is 21.4. The van der Waals surface area contributed by atoms with Gasteiger partial charge in [0.15, 0.2) is 0 Å². The molecule has 2 aromatic heterocycles. The number of hydrogen-bond acceptors (Lipinski definition) is 6. The fourth-order valence-corrected chi connectivity index (χ4v) is 3.57. The highest BCUT2D eigenvalue weighted by molar-refractivity contribution is 5.88. The molecule has 158 valence electrons. The Bertz CT molecular complexity index is 1230. The molecule has 2 aromatic carbocycles. The maximum atomic E-state index is 13.1. The highest BCUT2D eigenvalue weighted by atomic mass is 19.4. The van der Waals surface area contributed by atoms with Crippen molar-refractivity contribution in [1.82, 2.24) is 15.1 Å². The molecule has 1 saturated heterocycles. The van der Waals surface area contributed by atoms with Gasteiger partial charge in [-0.1, -0.05) is 29.4 Å². The zero-order valence-corrected chi connectivity index (χ0v) is 16.3. The van der Waals surface area contributed by atoms with E-state index in [-0.39, 0.29) is 17.3 Å². The highest BCUT2D eigenvalue weighted by Crippen LogP contribution is 2.34. The third kappa shape index (κ3) is 3.84. The van der Waals surface area contributed by atoms with Crippen LogP contribution in [0.3, 0.4) is 0 Å². The van der Waals surface area contributed by atoms with Gasteiger partial charge in [0.25, 0.3) is 5.89 Å². The van der Waals surface area contributed by atoms with E-state index in [1.165, 1.54) is 12.1 Å². The molecule has 0 amide bonds. The van der Waals surface area contributed by atoms with E-state index < -0.39 is 11.7 Å². The number of rotatable bonds is 3. The monoisotopic (exact) mass is 426 g/mol. The molecule has 0 N–H and O–H groups in total. The maximum Gasteiger partial charge on any atom is 0.416 e. The Morgan fingerprint density at radius 3 is 2.52 bits per heavy atom. The Labute approximate surface area is 175 Å². The van der Waals surface area contributed by atoms with Crippen molar-refractivity contribution in [1.29, 1.82) is 0 Å². The van der Waals surface area contributed by atoms with Gasteiger partial charge in [0, 0.05) is 24.0 Å². The Morgan fingerprint density at radius 1 is 0.903 bits per heavy atom. The van der Waals surface area contributed by atoms with Crippen LogP contribution in [-0.4, -0.2) is 41.4 Å². The average Bonchev–Trinajstić information content (AvgIpc) is 3.28. The summed E-state index contributed by atoms with van der Waals surface area (Å²) in [5.41, 5.74) is 0.915. The molecule has 6 nitrogen and oxygen atoms in total. The smallest absolute Gasteiger partial charge is 0.378 e. The summed E-state index contributed by atoms with van der Waals surface area (Å²) < 4.78 is 50.0. The molecule has 1 aliphatic heterocycles. The van der Waals surface area contributed by atoms with Crippen molar-refractivity contribution in [2.24, 2.45) is 0 Å². The van der Waals surface area contributed by atoms with E-state index in [1.807, 2.05) is 30.3 Å². The summed E-state index contributed by atoms with van der Waals surface area (Å²) in [5, 5.41) is 4.95. The van der Waals surface area contributed by atoms with E-state index in [4.69, 9.17) is 14.2 Å². The lowest BCUT2D eigenvalue weighted by Gasteiger charge is -2.29. The van der Waals surface area contributed by atoms with Crippen molar-refractivity contribution in [3.8, 4) is 22.8 Å². The highest BCUT2D eigenvalue weighted by Gasteiger charge is 2.31. The lowest BCUT2D eigenvalue weighted by molar-refractivity contribution is -0.137. The van der Waals surface area contributed by atoms with Crippen LogP contribution in [-0.2, 0) is 10.9 Å². The second-order valence-electron chi connectivity index (χ2n) is 7.15. The molecule has 0 atom stereocenters. The van der Waals surface area contributed by atoms with Gasteiger partial charge >= 0.3 is 6.18 Å². The van der Waals surface area contributed by atoms with E-state index in [0.717, 1.165) is 23.0 Å². The summed E-state index contributed by atoms with van der Waals surface area (Å²) in [6.07, 6.45) is -4.45. The fourth-order valence-electron chi connectivity index (χ4n) is 3.57. The molecule has 0 spiro atoms. The minimum atomic E-state index is -4.45. The van der Waals surface area contributed by atoms with Gasteiger partial charge in [0.1, 0.15) is 5.82 Å². The number of nitrogens with zero attached hydrogens (tertiary/aromatic N) is 4. The van der Waals surface area contributed by atoms with Gasteiger partial charge in [-0.3, -0.25) is 0 Å². The van der Waals surface area contributed by atoms with Crippen LogP contribution in [0.1, 0.15) is 5.56 Å². The van der Waals surface area contributed by atoms with Gasteiger partial charge in [-0.2, -0.15) is 18.2 Å². The number of morpholine rings is 1. The van der Waals surface area contributed by atoms with Crippen LogP contribution in [0, 0.1) is 0 Å². The van der Waals surface area contributed by atoms with E-state index >= 15 is 0 Å². The van der Waals surface area contributed by atoms with E-state index in [9.17, 15) is 13.2 Å². The molecule has 9 heteroatoms. The molecule has 3 heterocycles. The first-order valence-corrected chi connectivity index (χ1v) is 9.73. The molecule has 31 heavy (non-hydrogen) atoms. The molecule has 0 radical (unpaired) electrons. The van der Waals surface area contributed by atoms with Crippen molar-refractivity contribution in [3.05, 3.63) is 60.2 Å². The van der Waals surface area contributed by atoms with Gasteiger partial charge in [-0.15, -0.1) is 0 Å². The number of para-hydroxylation sites is 1. The maximum absolute atomic E-state index is 13.1. The summed E-state index contributed by atoms with van der Waals surface area (Å²) >= 11 is 0. The largest absolute Gasteiger partial charge is 0.416 e. The van der Waals surface area contributed by atoms with Crippen LogP contribution in [0.4, 0.5) is 19.0 Å². The van der Waals surface area contributed by atoms with Gasteiger partial charge in [0.2, 0.25) is 5.82 Å². The van der Waals surface area contributed by atoms with Crippen LogP contribution >= 0.6 is 0 Å². The van der Waals surface area contributed by atoms with E-state index in [2.05, 4.69) is 15.0 Å². The molecular weight excluding hydrogens is 409 g/mol. The number of hydrogen-bond donors (Lipinski definition) is 0. The Balaban J connectivity index is 1.59. The van der Waals surface area contributed by atoms with Gasteiger partial charge in [-0.05, 0) is 30.3 Å². The molecule has 0 saturated carbocycles. The van der Waals surface area contributed by atoms with Crippen LogP contribution in [0.25, 0.3) is 33.7 Å². The van der Waals surface area contributed by atoms with Crippen molar-refractivity contribution in [3.63, 3.8) is 0 Å². The quantitative estimate of drug-likeness (QED) is 0.469. The lowest BCUT2D eigenvalue weighted by atomic mass is 10.1. The van der Waals surface area contributed by atoms with Gasteiger partial charge < -0.3 is 14.2 Å². The van der Waals surface area contributed by atoms with E-state index in [0.29, 0.717) is 37.7 Å². The standard InChI is InChI=1S/C22H17F3N4O2/c23-22(24,25)16-6-3-5-15(12-16)21-27-19(28-31-21)17-13-14-4-1-2-7-18(14)26-20(17)29-8-10-30-11-9-29/h1-7,12-13H,8-11H2. The molecule has 0 aliphatic carbocycles. The van der Waals surface area contributed by atoms with Crippen LogP contribution in [0.2, 0.25) is 0 Å².